The van der Waals surface area contributed by atoms with Crippen molar-refractivity contribution in [3.63, 3.8) is 0 Å². The zero-order valence-electron chi connectivity index (χ0n) is 10.8. The fourth-order valence-corrected chi connectivity index (χ4v) is 1.36. The van der Waals surface area contributed by atoms with Crippen molar-refractivity contribution in [2.24, 2.45) is 0 Å². The monoisotopic (exact) mass is 254 g/mol. The molecule has 0 aliphatic rings. The van der Waals surface area contributed by atoms with E-state index < -0.39 is 12.0 Å². The van der Waals surface area contributed by atoms with Crippen LogP contribution in [-0.2, 0) is 9.53 Å². The van der Waals surface area contributed by atoms with Crippen LogP contribution in [0.4, 0.5) is 5.95 Å². The molecule has 0 fully saturated rings. The number of aryl methyl sites for hydroxylation is 2. The van der Waals surface area contributed by atoms with E-state index in [0.717, 1.165) is 11.4 Å². The SMILES string of the molecule is COCCCC(Nc1nnc(C)c(C)n1)C(=O)O. The van der Waals surface area contributed by atoms with Crippen molar-refractivity contribution >= 4 is 11.9 Å². The quantitative estimate of drug-likeness (QED) is 0.694. The van der Waals surface area contributed by atoms with Gasteiger partial charge in [-0.05, 0) is 26.7 Å². The molecule has 7 nitrogen and oxygen atoms in total. The largest absolute Gasteiger partial charge is 0.480 e. The lowest BCUT2D eigenvalue weighted by molar-refractivity contribution is -0.138. The van der Waals surface area contributed by atoms with Crippen LogP contribution in [0.1, 0.15) is 24.2 Å². The highest BCUT2D eigenvalue weighted by atomic mass is 16.5. The van der Waals surface area contributed by atoms with E-state index in [0.29, 0.717) is 19.4 Å². The van der Waals surface area contributed by atoms with Gasteiger partial charge in [0.25, 0.3) is 0 Å². The summed E-state index contributed by atoms with van der Waals surface area (Å²) in [5, 5.41) is 19.6. The zero-order valence-corrected chi connectivity index (χ0v) is 10.8. The zero-order chi connectivity index (χ0) is 13.5. The molecule has 2 N–H and O–H groups in total. The first-order chi connectivity index (χ1) is 8.54. The third kappa shape index (κ3) is 4.25. The van der Waals surface area contributed by atoms with E-state index in [1.165, 1.54) is 0 Å². The van der Waals surface area contributed by atoms with Gasteiger partial charge in [-0.1, -0.05) is 0 Å². The number of ether oxygens (including phenoxy) is 1. The van der Waals surface area contributed by atoms with Crippen molar-refractivity contribution < 1.29 is 14.6 Å². The van der Waals surface area contributed by atoms with Crippen molar-refractivity contribution in [1.29, 1.82) is 0 Å². The van der Waals surface area contributed by atoms with Gasteiger partial charge < -0.3 is 15.2 Å². The number of hydrogen-bond donors (Lipinski definition) is 2. The number of aromatic nitrogens is 3. The molecule has 1 atom stereocenters. The minimum Gasteiger partial charge on any atom is -0.480 e. The molecule has 100 valence electrons. The molecule has 0 aliphatic carbocycles. The molecule has 1 heterocycles. The average molecular weight is 254 g/mol. The van der Waals surface area contributed by atoms with Gasteiger partial charge in [0, 0.05) is 13.7 Å². The maximum absolute atomic E-state index is 11.1. The summed E-state index contributed by atoms with van der Waals surface area (Å²) in [7, 11) is 1.58. The summed E-state index contributed by atoms with van der Waals surface area (Å²) < 4.78 is 4.89. The molecule has 0 saturated heterocycles. The molecular weight excluding hydrogens is 236 g/mol. The van der Waals surface area contributed by atoms with Crippen LogP contribution in [0, 0.1) is 13.8 Å². The van der Waals surface area contributed by atoms with Gasteiger partial charge in [-0.3, -0.25) is 0 Å². The summed E-state index contributed by atoms with van der Waals surface area (Å²) in [6.45, 7) is 4.12. The third-order valence-corrected chi connectivity index (χ3v) is 2.53. The van der Waals surface area contributed by atoms with Crippen LogP contribution in [0.3, 0.4) is 0 Å². The van der Waals surface area contributed by atoms with Gasteiger partial charge >= 0.3 is 5.97 Å². The Morgan fingerprint density at radius 2 is 2.11 bits per heavy atom. The highest BCUT2D eigenvalue weighted by Gasteiger charge is 2.18. The number of nitrogens with zero attached hydrogens (tertiary/aromatic N) is 3. The second-order valence-electron chi connectivity index (χ2n) is 3.98. The van der Waals surface area contributed by atoms with Crippen LogP contribution >= 0.6 is 0 Å². The highest BCUT2D eigenvalue weighted by Crippen LogP contribution is 2.07. The number of methoxy groups -OCH3 is 1. The molecule has 1 rings (SSSR count). The molecule has 1 aromatic heterocycles. The summed E-state index contributed by atoms with van der Waals surface area (Å²) in [5.41, 5.74) is 1.46. The fourth-order valence-electron chi connectivity index (χ4n) is 1.36. The minimum atomic E-state index is -0.937. The Bertz CT molecular complexity index is 411. The van der Waals surface area contributed by atoms with Crippen LogP contribution in [-0.4, -0.2) is 46.0 Å². The Morgan fingerprint density at radius 1 is 1.39 bits per heavy atom. The number of carboxylic acid groups (broad SMARTS) is 1. The summed E-state index contributed by atoms with van der Waals surface area (Å²) in [6, 6.07) is -0.732. The van der Waals surface area contributed by atoms with Crippen LogP contribution in [0.15, 0.2) is 0 Å². The van der Waals surface area contributed by atoms with Crippen molar-refractivity contribution in [1.82, 2.24) is 15.2 Å². The van der Waals surface area contributed by atoms with Crippen molar-refractivity contribution in [3.8, 4) is 0 Å². The maximum Gasteiger partial charge on any atom is 0.326 e. The number of hydrogen-bond acceptors (Lipinski definition) is 6. The van der Waals surface area contributed by atoms with E-state index in [1.807, 2.05) is 0 Å². The van der Waals surface area contributed by atoms with Gasteiger partial charge in [-0.15, -0.1) is 5.10 Å². The van der Waals surface area contributed by atoms with E-state index in [9.17, 15) is 4.79 Å². The van der Waals surface area contributed by atoms with Gasteiger partial charge in [0.15, 0.2) is 0 Å². The number of anilines is 1. The molecule has 0 bridgehead atoms. The van der Waals surface area contributed by atoms with E-state index in [-0.39, 0.29) is 5.95 Å². The Hall–Kier alpha value is -1.76. The van der Waals surface area contributed by atoms with Gasteiger partial charge in [-0.25, -0.2) is 9.78 Å². The lowest BCUT2D eigenvalue weighted by Crippen LogP contribution is -2.30. The lowest BCUT2D eigenvalue weighted by Gasteiger charge is -2.14. The van der Waals surface area contributed by atoms with E-state index in [4.69, 9.17) is 9.84 Å². The molecule has 18 heavy (non-hydrogen) atoms. The highest BCUT2D eigenvalue weighted by molar-refractivity contribution is 5.76. The smallest absolute Gasteiger partial charge is 0.326 e. The summed E-state index contributed by atoms with van der Waals surface area (Å²) in [4.78, 5) is 15.2. The first-order valence-corrected chi connectivity index (χ1v) is 5.70. The predicted molar refractivity (Wildman–Crippen MR) is 65.5 cm³/mol. The van der Waals surface area contributed by atoms with Crippen LogP contribution in [0.2, 0.25) is 0 Å². The first-order valence-electron chi connectivity index (χ1n) is 5.70. The Morgan fingerprint density at radius 3 is 2.67 bits per heavy atom. The Kier molecular flexibility index (Phi) is 5.44. The topological polar surface area (TPSA) is 97.2 Å². The molecule has 7 heteroatoms. The van der Waals surface area contributed by atoms with E-state index in [2.05, 4.69) is 20.5 Å². The van der Waals surface area contributed by atoms with Crippen LogP contribution in [0.25, 0.3) is 0 Å². The second-order valence-corrected chi connectivity index (χ2v) is 3.98. The molecule has 0 spiro atoms. The number of carboxylic acids is 1. The second kappa shape index (κ2) is 6.85. The third-order valence-electron chi connectivity index (χ3n) is 2.53. The van der Waals surface area contributed by atoms with Gasteiger partial charge in [0.2, 0.25) is 5.95 Å². The average Bonchev–Trinajstić information content (AvgIpc) is 2.32. The van der Waals surface area contributed by atoms with Crippen molar-refractivity contribution in [2.75, 3.05) is 19.0 Å². The van der Waals surface area contributed by atoms with Crippen LogP contribution < -0.4 is 5.32 Å². The first kappa shape index (κ1) is 14.3. The fraction of sp³-hybridized carbons (Fsp3) is 0.636. The number of aliphatic carboxylic acids is 1. The normalized spacial score (nSPS) is 12.2. The van der Waals surface area contributed by atoms with Crippen LogP contribution in [0.5, 0.6) is 0 Å². The minimum absolute atomic E-state index is 0.239. The Labute approximate surface area is 106 Å². The maximum atomic E-state index is 11.1. The number of nitrogens with one attached hydrogen (secondary N) is 1. The van der Waals surface area contributed by atoms with Crippen molar-refractivity contribution in [3.05, 3.63) is 11.4 Å². The summed E-state index contributed by atoms with van der Waals surface area (Å²) in [5.74, 6) is -0.698. The standard InChI is InChI=1S/C11H18N4O3/c1-7-8(2)14-15-11(12-7)13-9(10(16)17)5-4-6-18-3/h9H,4-6H2,1-3H3,(H,16,17)(H,12,13,15). The molecule has 0 aliphatic heterocycles. The molecule has 0 saturated carbocycles. The predicted octanol–water partition coefficient (Wildman–Crippen LogP) is 0.780. The molecule has 0 radical (unpaired) electrons. The molecule has 0 amide bonds. The Balaban J connectivity index is 2.64. The van der Waals surface area contributed by atoms with E-state index in [1.54, 1.807) is 21.0 Å². The van der Waals surface area contributed by atoms with Gasteiger partial charge in [0.1, 0.15) is 6.04 Å². The molecule has 1 aromatic rings. The van der Waals surface area contributed by atoms with Gasteiger partial charge in [0.05, 0.1) is 11.4 Å². The summed E-state index contributed by atoms with van der Waals surface area (Å²) >= 11 is 0. The molecular formula is C11H18N4O3. The number of carbonyl (C=O) groups is 1. The molecule has 0 aromatic carbocycles. The lowest BCUT2D eigenvalue weighted by atomic mass is 10.1. The van der Waals surface area contributed by atoms with Crippen molar-refractivity contribution in [2.45, 2.75) is 32.7 Å². The summed E-state index contributed by atoms with van der Waals surface area (Å²) in [6.07, 6.45) is 1.10. The molecule has 1 unspecified atom stereocenters. The van der Waals surface area contributed by atoms with E-state index >= 15 is 0 Å². The number of rotatable bonds is 7. The van der Waals surface area contributed by atoms with Gasteiger partial charge in [-0.2, -0.15) is 5.10 Å².